The molecule has 0 radical (unpaired) electrons. The second kappa shape index (κ2) is 7.61. The van der Waals surface area contributed by atoms with E-state index in [0.29, 0.717) is 24.4 Å². The summed E-state index contributed by atoms with van der Waals surface area (Å²) in [5.74, 6) is 2.50. The predicted molar refractivity (Wildman–Crippen MR) is 117 cm³/mol. The maximum absolute atomic E-state index is 11.6. The van der Waals surface area contributed by atoms with Crippen molar-refractivity contribution in [3.05, 3.63) is 77.4 Å². The third-order valence-electron chi connectivity index (χ3n) is 7.68. The van der Waals surface area contributed by atoms with Crippen LogP contribution in [-0.2, 0) is 22.6 Å². The Hall–Kier alpha value is -2.55. The first-order valence-corrected chi connectivity index (χ1v) is 11.2. The molecule has 1 saturated carbocycles. The number of aryl methyl sites for hydroxylation is 1. The molecule has 5 rings (SSSR count). The Morgan fingerprint density at radius 2 is 1.93 bits per heavy atom. The fourth-order valence-corrected chi connectivity index (χ4v) is 6.15. The molecule has 0 N–H and O–H groups in total. The number of carbonyl (C=O) groups is 1. The van der Waals surface area contributed by atoms with E-state index >= 15 is 0 Å². The van der Waals surface area contributed by atoms with Crippen LogP contribution in [0.3, 0.4) is 0 Å². The minimum atomic E-state index is -0.175. The van der Waals surface area contributed by atoms with Gasteiger partial charge in [-0.05, 0) is 78.3 Å². The Labute approximate surface area is 179 Å². The summed E-state index contributed by atoms with van der Waals surface area (Å²) in [6, 6.07) is 17.0. The highest BCUT2D eigenvalue weighted by atomic mass is 16.5. The molecule has 1 fully saturated rings. The van der Waals surface area contributed by atoms with Crippen molar-refractivity contribution in [3.8, 4) is 5.75 Å². The summed E-state index contributed by atoms with van der Waals surface area (Å²) in [6.45, 7) is 4.44. The summed E-state index contributed by atoms with van der Waals surface area (Å²) >= 11 is 0. The fraction of sp³-hybridized carbons (Fsp3) is 0.444. The summed E-state index contributed by atoms with van der Waals surface area (Å²) in [5.41, 5.74) is 4.19. The average molecular weight is 403 g/mol. The van der Waals surface area contributed by atoms with Gasteiger partial charge in [0.25, 0.3) is 0 Å². The molecular formula is C27H30O3. The maximum Gasteiger partial charge on any atom is 0.303 e. The van der Waals surface area contributed by atoms with Crippen LogP contribution in [0, 0.1) is 17.3 Å². The van der Waals surface area contributed by atoms with Crippen LogP contribution < -0.4 is 4.74 Å². The molecule has 0 aromatic heterocycles. The van der Waals surface area contributed by atoms with Gasteiger partial charge in [0.15, 0.2) is 0 Å². The summed E-state index contributed by atoms with van der Waals surface area (Å²) in [4.78, 5) is 11.6. The molecule has 3 heteroatoms. The van der Waals surface area contributed by atoms with Crippen molar-refractivity contribution < 1.29 is 14.3 Å². The first-order valence-electron chi connectivity index (χ1n) is 11.2. The van der Waals surface area contributed by atoms with E-state index in [1.165, 1.54) is 30.0 Å². The molecule has 30 heavy (non-hydrogen) atoms. The summed E-state index contributed by atoms with van der Waals surface area (Å²) in [7, 11) is 0. The molecular weight excluding hydrogens is 372 g/mol. The SMILES string of the molecule is CC(=O)O[C@@H]1C=C[C@H]2[C@@H]3CCc4cc(OCc5ccccc5)ccc4[C@H]3CC[C@]12C. The van der Waals surface area contributed by atoms with Crippen LogP contribution >= 0.6 is 0 Å². The number of benzene rings is 2. The molecule has 156 valence electrons. The minimum absolute atomic E-state index is 0.0447. The van der Waals surface area contributed by atoms with E-state index in [9.17, 15) is 4.79 Å². The van der Waals surface area contributed by atoms with Crippen molar-refractivity contribution >= 4 is 5.97 Å². The van der Waals surface area contributed by atoms with Crippen molar-refractivity contribution in [2.75, 3.05) is 0 Å². The van der Waals surface area contributed by atoms with Gasteiger partial charge in [0.2, 0.25) is 0 Å². The number of hydrogen-bond acceptors (Lipinski definition) is 3. The Balaban J connectivity index is 1.33. The standard InChI is InChI=1S/C27H30O3/c1-18(28)30-26-13-12-25-24-10-8-20-16-21(29-17-19-6-4-3-5-7-19)9-11-22(20)23(24)14-15-27(25,26)2/h3-7,9,11-13,16,23-26H,8,10,14-15,17H2,1-2H3/t23-,24-,25+,26-,27+/m1/s1. The third kappa shape index (κ3) is 3.34. The number of ether oxygens (including phenoxy) is 2. The molecule has 0 heterocycles. The molecule has 0 amide bonds. The zero-order chi connectivity index (χ0) is 20.7. The highest BCUT2D eigenvalue weighted by Gasteiger charge is 2.53. The molecule has 2 aromatic carbocycles. The molecule has 3 aliphatic rings. The second-order valence-electron chi connectivity index (χ2n) is 9.43. The van der Waals surface area contributed by atoms with Crippen molar-refractivity contribution in [2.24, 2.45) is 17.3 Å². The summed E-state index contributed by atoms with van der Waals surface area (Å²) in [5, 5.41) is 0. The van der Waals surface area contributed by atoms with Gasteiger partial charge >= 0.3 is 5.97 Å². The van der Waals surface area contributed by atoms with Crippen LogP contribution in [-0.4, -0.2) is 12.1 Å². The number of allylic oxidation sites excluding steroid dienone is 1. The number of carbonyl (C=O) groups excluding carboxylic acids is 1. The fourth-order valence-electron chi connectivity index (χ4n) is 6.15. The zero-order valence-electron chi connectivity index (χ0n) is 17.8. The van der Waals surface area contributed by atoms with E-state index in [0.717, 1.165) is 25.0 Å². The van der Waals surface area contributed by atoms with Crippen molar-refractivity contribution in [2.45, 2.75) is 58.2 Å². The van der Waals surface area contributed by atoms with Gasteiger partial charge in [-0.15, -0.1) is 0 Å². The van der Waals surface area contributed by atoms with Crippen LogP contribution in [0.2, 0.25) is 0 Å². The maximum atomic E-state index is 11.6. The lowest BCUT2D eigenvalue weighted by Crippen LogP contribution is -2.45. The van der Waals surface area contributed by atoms with E-state index in [-0.39, 0.29) is 17.5 Å². The smallest absolute Gasteiger partial charge is 0.303 e. The predicted octanol–water partition coefficient (Wildman–Crippen LogP) is 5.83. The van der Waals surface area contributed by atoms with E-state index < -0.39 is 0 Å². The third-order valence-corrected chi connectivity index (χ3v) is 7.68. The summed E-state index contributed by atoms with van der Waals surface area (Å²) < 4.78 is 11.7. The van der Waals surface area contributed by atoms with Crippen LogP contribution in [0.25, 0.3) is 0 Å². The van der Waals surface area contributed by atoms with Crippen molar-refractivity contribution in [3.63, 3.8) is 0 Å². The number of rotatable bonds is 4. The monoisotopic (exact) mass is 402 g/mol. The molecule has 3 aliphatic carbocycles. The van der Waals surface area contributed by atoms with Gasteiger partial charge < -0.3 is 9.47 Å². The highest BCUT2D eigenvalue weighted by Crippen LogP contribution is 2.59. The molecule has 0 bridgehead atoms. The van der Waals surface area contributed by atoms with Crippen LogP contribution in [0.4, 0.5) is 0 Å². The molecule has 0 saturated heterocycles. The Morgan fingerprint density at radius 3 is 2.73 bits per heavy atom. The normalized spacial score (nSPS) is 31.4. The van der Waals surface area contributed by atoms with Gasteiger partial charge in [-0.1, -0.05) is 49.4 Å². The van der Waals surface area contributed by atoms with Crippen molar-refractivity contribution in [1.82, 2.24) is 0 Å². The summed E-state index contributed by atoms with van der Waals surface area (Å²) in [6.07, 6.45) is 8.95. The second-order valence-corrected chi connectivity index (χ2v) is 9.43. The van der Waals surface area contributed by atoms with Gasteiger partial charge in [-0.2, -0.15) is 0 Å². The zero-order valence-corrected chi connectivity index (χ0v) is 17.8. The van der Waals surface area contributed by atoms with Crippen LogP contribution in [0.1, 0.15) is 55.7 Å². The van der Waals surface area contributed by atoms with Gasteiger partial charge in [0.1, 0.15) is 18.5 Å². The Bertz CT molecular complexity index is 963. The lowest BCUT2D eigenvalue weighted by Gasteiger charge is -2.50. The molecule has 0 aliphatic heterocycles. The molecule has 0 spiro atoms. The first-order chi connectivity index (χ1) is 14.5. The minimum Gasteiger partial charge on any atom is -0.489 e. The number of esters is 1. The molecule has 0 unspecified atom stereocenters. The van der Waals surface area contributed by atoms with Gasteiger partial charge in [0.05, 0.1) is 0 Å². The number of fused-ring (bicyclic) bond motifs is 5. The highest BCUT2D eigenvalue weighted by molar-refractivity contribution is 5.66. The van der Waals surface area contributed by atoms with Crippen LogP contribution in [0.5, 0.6) is 5.75 Å². The van der Waals surface area contributed by atoms with E-state index in [4.69, 9.17) is 9.47 Å². The molecule has 2 aromatic rings. The lowest BCUT2D eigenvalue weighted by molar-refractivity contribution is -0.152. The van der Waals surface area contributed by atoms with E-state index in [1.807, 2.05) is 18.2 Å². The Morgan fingerprint density at radius 1 is 1.10 bits per heavy atom. The number of hydrogen-bond donors (Lipinski definition) is 0. The lowest BCUT2D eigenvalue weighted by atomic mass is 9.55. The van der Waals surface area contributed by atoms with E-state index in [1.54, 1.807) is 0 Å². The largest absolute Gasteiger partial charge is 0.489 e. The van der Waals surface area contributed by atoms with Gasteiger partial charge in [-0.25, -0.2) is 0 Å². The Kier molecular flexibility index (Phi) is 4.92. The van der Waals surface area contributed by atoms with Crippen LogP contribution in [0.15, 0.2) is 60.7 Å². The first kappa shape index (κ1) is 19.4. The van der Waals surface area contributed by atoms with E-state index in [2.05, 4.69) is 49.4 Å². The molecule has 5 atom stereocenters. The average Bonchev–Trinajstić information content (AvgIpc) is 3.08. The quantitative estimate of drug-likeness (QED) is 0.477. The van der Waals surface area contributed by atoms with Gasteiger partial charge in [-0.3, -0.25) is 4.79 Å². The van der Waals surface area contributed by atoms with Gasteiger partial charge in [0, 0.05) is 12.3 Å². The topological polar surface area (TPSA) is 35.5 Å². The molecule has 3 nitrogen and oxygen atoms in total. The van der Waals surface area contributed by atoms with Crippen molar-refractivity contribution in [1.29, 1.82) is 0 Å².